The van der Waals surface area contributed by atoms with Gasteiger partial charge in [-0.15, -0.1) is 0 Å². The zero-order chi connectivity index (χ0) is 11.5. The van der Waals surface area contributed by atoms with Gasteiger partial charge in [-0.2, -0.15) is 0 Å². The first kappa shape index (κ1) is 11.0. The number of hydrogen-bond acceptors (Lipinski definition) is 2. The van der Waals surface area contributed by atoms with Crippen LogP contribution in [0.3, 0.4) is 0 Å². The number of fused-ring (bicyclic) bond motifs is 1. The van der Waals surface area contributed by atoms with Crippen LogP contribution in [0.5, 0.6) is 0 Å². The molecule has 0 radical (unpaired) electrons. The van der Waals surface area contributed by atoms with E-state index in [0.717, 1.165) is 18.7 Å². The van der Waals surface area contributed by atoms with Crippen molar-refractivity contribution >= 4 is 16.6 Å². The minimum absolute atomic E-state index is 0.834. The lowest BCUT2D eigenvalue weighted by Gasteiger charge is -2.08. The minimum atomic E-state index is 0.834. The van der Waals surface area contributed by atoms with Gasteiger partial charge in [-0.1, -0.05) is 0 Å². The van der Waals surface area contributed by atoms with Crippen molar-refractivity contribution in [2.24, 2.45) is 0 Å². The first-order chi connectivity index (χ1) is 7.66. The molecule has 2 rings (SSSR count). The predicted octanol–water partition coefficient (Wildman–Crippen LogP) is 2.24. The second-order valence-electron chi connectivity index (χ2n) is 4.53. The van der Waals surface area contributed by atoms with E-state index < -0.39 is 0 Å². The van der Waals surface area contributed by atoms with Gasteiger partial charge in [-0.3, -0.25) is 0 Å². The van der Waals surface area contributed by atoms with Crippen LogP contribution >= 0.6 is 0 Å². The Bertz CT molecular complexity index is 471. The van der Waals surface area contributed by atoms with Crippen molar-refractivity contribution in [2.75, 3.05) is 26.4 Å². The van der Waals surface area contributed by atoms with Crippen molar-refractivity contribution < 1.29 is 0 Å². The molecule has 3 N–H and O–H groups in total. The fourth-order valence-corrected chi connectivity index (χ4v) is 1.99. The van der Waals surface area contributed by atoms with Gasteiger partial charge in [0.15, 0.2) is 0 Å². The molecule has 1 heterocycles. The predicted molar refractivity (Wildman–Crippen MR) is 69.6 cm³/mol. The molecule has 1 aromatic heterocycles. The second-order valence-corrected chi connectivity index (χ2v) is 4.53. The lowest BCUT2D eigenvalue weighted by Crippen LogP contribution is -2.13. The van der Waals surface area contributed by atoms with Gasteiger partial charge >= 0.3 is 0 Å². The monoisotopic (exact) mass is 217 g/mol. The Balaban J connectivity index is 2.15. The molecular formula is C13H19N3. The summed E-state index contributed by atoms with van der Waals surface area (Å²) in [4.78, 5) is 5.50. The number of H-pyrrole nitrogens is 1. The molecule has 0 amide bonds. The number of aryl methyl sites for hydroxylation is 1. The van der Waals surface area contributed by atoms with E-state index in [2.05, 4.69) is 36.2 Å². The van der Waals surface area contributed by atoms with Gasteiger partial charge in [0.2, 0.25) is 0 Å². The summed E-state index contributed by atoms with van der Waals surface area (Å²) in [6.45, 7) is 1.12. The molecule has 0 aliphatic heterocycles. The molecular weight excluding hydrogens is 198 g/mol. The molecule has 0 aliphatic carbocycles. The molecule has 0 spiro atoms. The Morgan fingerprint density at radius 1 is 1.31 bits per heavy atom. The van der Waals surface area contributed by atoms with E-state index in [9.17, 15) is 0 Å². The average Bonchev–Trinajstić information content (AvgIpc) is 2.60. The highest BCUT2D eigenvalue weighted by Gasteiger charge is 2.03. The van der Waals surface area contributed by atoms with Crippen LogP contribution in [0.2, 0.25) is 0 Å². The second kappa shape index (κ2) is 4.58. The van der Waals surface area contributed by atoms with Crippen molar-refractivity contribution in [3.05, 3.63) is 30.0 Å². The molecule has 0 unspecified atom stereocenters. The third-order valence-electron chi connectivity index (χ3n) is 2.84. The largest absolute Gasteiger partial charge is 0.399 e. The molecule has 0 saturated carbocycles. The van der Waals surface area contributed by atoms with Crippen LogP contribution in [0.4, 0.5) is 5.69 Å². The third kappa shape index (κ3) is 2.36. The summed E-state index contributed by atoms with van der Waals surface area (Å²) >= 11 is 0. The molecule has 1 aromatic carbocycles. The van der Waals surface area contributed by atoms with Crippen molar-refractivity contribution in [1.82, 2.24) is 9.88 Å². The Kier molecular flexibility index (Phi) is 3.15. The molecule has 16 heavy (non-hydrogen) atoms. The minimum Gasteiger partial charge on any atom is -0.399 e. The summed E-state index contributed by atoms with van der Waals surface area (Å²) in [5, 5.41) is 1.26. The number of nitrogens with zero attached hydrogens (tertiary/aromatic N) is 1. The lowest BCUT2D eigenvalue weighted by atomic mass is 10.1. The smallest absolute Gasteiger partial charge is 0.0458 e. The fourth-order valence-electron chi connectivity index (χ4n) is 1.99. The van der Waals surface area contributed by atoms with E-state index in [1.807, 2.05) is 12.1 Å². The molecule has 0 atom stereocenters. The molecule has 86 valence electrons. The Morgan fingerprint density at radius 3 is 2.88 bits per heavy atom. The number of nitrogens with two attached hydrogens (primary N) is 1. The maximum absolute atomic E-state index is 5.81. The Morgan fingerprint density at radius 2 is 2.12 bits per heavy atom. The normalized spacial score (nSPS) is 11.4. The van der Waals surface area contributed by atoms with Crippen molar-refractivity contribution in [2.45, 2.75) is 12.8 Å². The number of hydrogen-bond donors (Lipinski definition) is 2. The van der Waals surface area contributed by atoms with Crippen LogP contribution < -0.4 is 5.73 Å². The van der Waals surface area contributed by atoms with E-state index >= 15 is 0 Å². The summed E-state index contributed by atoms with van der Waals surface area (Å²) in [5.74, 6) is 0. The van der Waals surface area contributed by atoms with Gasteiger partial charge < -0.3 is 15.6 Å². The number of nitrogens with one attached hydrogen (secondary N) is 1. The molecule has 3 heteroatoms. The first-order valence-corrected chi connectivity index (χ1v) is 5.67. The molecule has 0 aliphatic rings. The zero-order valence-electron chi connectivity index (χ0n) is 9.96. The van der Waals surface area contributed by atoms with Crippen molar-refractivity contribution in [1.29, 1.82) is 0 Å². The van der Waals surface area contributed by atoms with Crippen LogP contribution in [0.15, 0.2) is 24.4 Å². The van der Waals surface area contributed by atoms with Gasteiger partial charge in [-0.05, 0) is 57.2 Å². The molecule has 2 aromatic rings. The maximum Gasteiger partial charge on any atom is 0.0458 e. The van der Waals surface area contributed by atoms with Crippen molar-refractivity contribution in [3.63, 3.8) is 0 Å². The molecule has 0 fully saturated rings. The van der Waals surface area contributed by atoms with Crippen LogP contribution in [-0.4, -0.2) is 30.5 Å². The summed E-state index contributed by atoms with van der Waals surface area (Å²) in [6.07, 6.45) is 4.37. The highest BCUT2D eigenvalue weighted by atomic mass is 15.0. The van der Waals surface area contributed by atoms with E-state index in [1.165, 1.54) is 22.9 Å². The van der Waals surface area contributed by atoms with Crippen LogP contribution in [0.1, 0.15) is 12.0 Å². The number of aromatic amines is 1. The zero-order valence-corrected chi connectivity index (χ0v) is 9.96. The molecule has 0 bridgehead atoms. The van der Waals surface area contributed by atoms with Gasteiger partial charge in [0.1, 0.15) is 0 Å². The number of aromatic nitrogens is 1. The highest BCUT2D eigenvalue weighted by molar-refractivity contribution is 5.86. The van der Waals surface area contributed by atoms with Gasteiger partial charge in [0.05, 0.1) is 0 Å². The van der Waals surface area contributed by atoms with Gasteiger partial charge in [-0.25, -0.2) is 0 Å². The van der Waals surface area contributed by atoms with Crippen molar-refractivity contribution in [3.8, 4) is 0 Å². The topological polar surface area (TPSA) is 45.0 Å². The average molecular weight is 217 g/mol. The summed E-state index contributed by atoms with van der Waals surface area (Å²) in [7, 11) is 4.21. The first-order valence-electron chi connectivity index (χ1n) is 5.67. The number of anilines is 1. The summed E-state index contributed by atoms with van der Waals surface area (Å²) in [5.41, 5.74) is 9.18. The fraction of sp³-hybridized carbons (Fsp3) is 0.385. The van der Waals surface area contributed by atoms with Gasteiger partial charge in [0.25, 0.3) is 0 Å². The summed E-state index contributed by atoms with van der Waals surface area (Å²) < 4.78 is 0. The van der Waals surface area contributed by atoms with E-state index in [-0.39, 0.29) is 0 Å². The van der Waals surface area contributed by atoms with Crippen LogP contribution in [0.25, 0.3) is 10.9 Å². The standard InChI is InChI=1S/C13H19N3/c1-16(2)7-3-4-10-9-15-13-6-5-11(14)8-12(10)13/h5-6,8-9,15H,3-4,7,14H2,1-2H3. The van der Waals surface area contributed by atoms with Crippen LogP contribution in [0, 0.1) is 0 Å². The van der Waals surface area contributed by atoms with Gasteiger partial charge in [0, 0.05) is 22.8 Å². The Hall–Kier alpha value is -1.48. The summed E-state index contributed by atoms with van der Waals surface area (Å²) in [6, 6.07) is 6.03. The van der Waals surface area contributed by atoms with Crippen LogP contribution in [-0.2, 0) is 6.42 Å². The maximum atomic E-state index is 5.81. The SMILES string of the molecule is CN(C)CCCc1c[nH]c2ccc(N)cc12. The number of rotatable bonds is 4. The van der Waals surface area contributed by atoms with E-state index in [0.29, 0.717) is 0 Å². The highest BCUT2D eigenvalue weighted by Crippen LogP contribution is 2.21. The number of benzene rings is 1. The molecule has 0 saturated heterocycles. The third-order valence-corrected chi connectivity index (χ3v) is 2.84. The number of nitrogen functional groups attached to an aromatic ring is 1. The van der Waals surface area contributed by atoms with E-state index in [1.54, 1.807) is 0 Å². The van der Waals surface area contributed by atoms with E-state index in [4.69, 9.17) is 5.73 Å². The Labute approximate surface area is 96.2 Å². The quantitative estimate of drug-likeness (QED) is 0.771. The lowest BCUT2D eigenvalue weighted by molar-refractivity contribution is 0.400. The molecule has 3 nitrogen and oxygen atoms in total.